The molecule has 140 valence electrons. The minimum Gasteiger partial charge on any atom is -0.368 e. The van der Waals surface area contributed by atoms with Gasteiger partial charge in [-0.15, -0.1) is 0 Å². The lowest BCUT2D eigenvalue weighted by atomic mass is 10.0. The first kappa shape index (κ1) is 18.9. The van der Waals surface area contributed by atoms with Gasteiger partial charge in [0.25, 0.3) is 0 Å². The van der Waals surface area contributed by atoms with Crippen LogP contribution in [0.1, 0.15) is 38.2 Å². The fourth-order valence-electron chi connectivity index (χ4n) is 3.99. The Morgan fingerprint density at radius 1 is 0.923 bits per heavy atom. The van der Waals surface area contributed by atoms with Crippen LogP contribution in [-0.4, -0.2) is 37.1 Å². The third kappa shape index (κ3) is 5.07. The van der Waals surface area contributed by atoms with Gasteiger partial charge < -0.3 is 9.80 Å². The second-order valence-corrected chi connectivity index (χ2v) is 7.29. The molecule has 0 aromatic heterocycles. The number of anilines is 1. The molecule has 1 saturated heterocycles. The molecule has 2 heterocycles. The number of rotatable bonds is 4. The molecule has 2 aromatic rings. The van der Waals surface area contributed by atoms with Crippen LogP contribution < -0.4 is 4.90 Å². The van der Waals surface area contributed by atoms with Crippen LogP contribution >= 0.6 is 0 Å². The Morgan fingerprint density at radius 3 is 2.27 bits per heavy atom. The number of likely N-dealkylation sites (tertiary alicyclic amines) is 1. The number of hydrogen-bond acceptors (Lipinski definition) is 2. The van der Waals surface area contributed by atoms with Crippen LogP contribution in [0.3, 0.4) is 0 Å². The summed E-state index contributed by atoms with van der Waals surface area (Å²) in [6, 6.07) is 17.7. The Balaban J connectivity index is 0.000000236. The molecule has 0 amide bonds. The number of halogens is 1. The smallest absolute Gasteiger partial charge is 0.123 e. The quantitative estimate of drug-likeness (QED) is 0.750. The number of nitrogens with zero attached hydrogens (tertiary/aromatic N) is 2. The van der Waals surface area contributed by atoms with Crippen LogP contribution in [0.2, 0.25) is 0 Å². The van der Waals surface area contributed by atoms with Crippen molar-refractivity contribution in [2.24, 2.45) is 0 Å². The number of para-hydroxylation sites is 1. The molecular weight excluding hydrogens is 323 g/mol. The van der Waals surface area contributed by atoms with E-state index in [1.807, 2.05) is 0 Å². The molecule has 0 saturated carbocycles. The fraction of sp³-hybridized carbons (Fsp3) is 0.478. The van der Waals surface area contributed by atoms with Gasteiger partial charge in [-0.05, 0) is 56.0 Å². The summed E-state index contributed by atoms with van der Waals surface area (Å²) in [6.07, 6.45) is 6.61. The summed E-state index contributed by atoms with van der Waals surface area (Å²) in [5, 5.41) is 0. The first-order valence-corrected chi connectivity index (χ1v) is 10.1. The molecular formula is C23H31FN2. The van der Waals surface area contributed by atoms with Crippen molar-refractivity contribution in [2.75, 3.05) is 31.1 Å². The number of fused-ring (bicyclic) bond motifs is 1. The second kappa shape index (κ2) is 9.72. The molecule has 0 aliphatic carbocycles. The summed E-state index contributed by atoms with van der Waals surface area (Å²) in [6.45, 7) is 7.42. The van der Waals surface area contributed by atoms with E-state index in [1.54, 1.807) is 23.8 Å². The van der Waals surface area contributed by atoms with Crippen molar-refractivity contribution in [3.63, 3.8) is 0 Å². The second-order valence-electron chi connectivity index (χ2n) is 7.29. The highest BCUT2D eigenvalue weighted by atomic mass is 19.1. The van der Waals surface area contributed by atoms with E-state index in [4.69, 9.17) is 0 Å². The van der Waals surface area contributed by atoms with Crippen molar-refractivity contribution >= 4 is 5.69 Å². The molecule has 0 spiro atoms. The van der Waals surface area contributed by atoms with Gasteiger partial charge in [-0.25, -0.2) is 4.39 Å². The third-order valence-electron chi connectivity index (χ3n) is 5.48. The van der Waals surface area contributed by atoms with Crippen LogP contribution in [0.15, 0.2) is 54.6 Å². The number of benzene rings is 2. The third-order valence-corrected chi connectivity index (χ3v) is 5.48. The van der Waals surface area contributed by atoms with E-state index in [0.29, 0.717) is 0 Å². The van der Waals surface area contributed by atoms with Gasteiger partial charge in [-0.1, -0.05) is 49.7 Å². The van der Waals surface area contributed by atoms with Crippen molar-refractivity contribution in [2.45, 2.75) is 45.1 Å². The van der Waals surface area contributed by atoms with Gasteiger partial charge in [0.1, 0.15) is 5.82 Å². The molecule has 0 atom stereocenters. The Bertz CT molecular complexity index is 650. The maximum Gasteiger partial charge on any atom is 0.123 e. The lowest BCUT2D eigenvalue weighted by Crippen LogP contribution is -2.44. The van der Waals surface area contributed by atoms with Crippen molar-refractivity contribution in [3.8, 4) is 0 Å². The molecule has 26 heavy (non-hydrogen) atoms. The number of hydrogen-bond donors (Lipinski definition) is 0. The first-order chi connectivity index (χ1) is 12.8. The minimum absolute atomic E-state index is 0.178. The lowest BCUT2D eigenvalue weighted by Gasteiger charge is -2.38. The zero-order valence-electron chi connectivity index (χ0n) is 15.9. The zero-order valence-corrected chi connectivity index (χ0v) is 15.9. The maximum absolute atomic E-state index is 11.9. The largest absolute Gasteiger partial charge is 0.368 e. The normalized spacial score (nSPS) is 17.5. The molecule has 2 aliphatic heterocycles. The van der Waals surface area contributed by atoms with Gasteiger partial charge in [0, 0.05) is 31.4 Å². The van der Waals surface area contributed by atoms with Crippen molar-refractivity contribution < 1.29 is 4.39 Å². The van der Waals surface area contributed by atoms with Crippen molar-refractivity contribution in [1.82, 2.24) is 4.90 Å². The lowest BCUT2D eigenvalue weighted by molar-refractivity contribution is 0.207. The summed E-state index contributed by atoms with van der Waals surface area (Å²) in [7, 11) is 0. The molecule has 2 aromatic carbocycles. The Labute approximate surface area is 157 Å². The average molecular weight is 355 g/mol. The summed E-state index contributed by atoms with van der Waals surface area (Å²) in [5.74, 6) is -0.178. The first-order valence-electron chi connectivity index (χ1n) is 10.1. The van der Waals surface area contributed by atoms with Gasteiger partial charge in [-0.2, -0.15) is 0 Å². The summed E-state index contributed by atoms with van der Waals surface area (Å²) >= 11 is 0. The fourth-order valence-corrected chi connectivity index (χ4v) is 3.99. The minimum atomic E-state index is -0.178. The Morgan fingerprint density at radius 2 is 1.62 bits per heavy atom. The molecule has 0 N–H and O–H groups in total. The highest BCUT2D eigenvalue weighted by Gasteiger charge is 2.28. The topological polar surface area (TPSA) is 6.48 Å². The molecule has 2 nitrogen and oxygen atoms in total. The van der Waals surface area contributed by atoms with E-state index in [1.165, 1.54) is 76.1 Å². The van der Waals surface area contributed by atoms with Gasteiger partial charge in [0.15, 0.2) is 0 Å². The summed E-state index contributed by atoms with van der Waals surface area (Å²) < 4.78 is 11.9. The van der Waals surface area contributed by atoms with E-state index in [-0.39, 0.29) is 5.82 Å². The van der Waals surface area contributed by atoms with Crippen LogP contribution in [0.4, 0.5) is 10.1 Å². The van der Waals surface area contributed by atoms with Gasteiger partial charge in [0.2, 0.25) is 0 Å². The van der Waals surface area contributed by atoms with E-state index in [0.717, 1.165) is 6.04 Å². The van der Waals surface area contributed by atoms with Crippen molar-refractivity contribution in [3.05, 3.63) is 66.0 Å². The molecule has 3 heteroatoms. The molecule has 4 rings (SSSR count). The van der Waals surface area contributed by atoms with E-state index in [9.17, 15) is 4.39 Å². The van der Waals surface area contributed by atoms with E-state index < -0.39 is 0 Å². The zero-order chi connectivity index (χ0) is 18.2. The van der Waals surface area contributed by atoms with E-state index in [2.05, 4.69) is 41.0 Å². The monoisotopic (exact) mass is 354 g/mol. The van der Waals surface area contributed by atoms with Crippen LogP contribution in [0, 0.1) is 5.82 Å². The molecule has 0 unspecified atom stereocenters. The van der Waals surface area contributed by atoms with Crippen LogP contribution in [-0.2, 0) is 6.42 Å². The van der Waals surface area contributed by atoms with E-state index >= 15 is 0 Å². The molecule has 0 bridgehead atoms. The van der Waals surface area contributed by atoms with Gasteiger partial charge in [0.05, 0.1) is 0 Å². The highest BCUT2D eigenvalue weighted by molar-refractivity contribution is 5.58. The molecule has 1 fully saturated rings. The summed E-state index contributed by atoms with van der Waals surface area (Å²) in [5.41, 5.74) is 3.06. The number of unbranched alkanes of at least 4 members (excludes halogenated alkanes) is 1. The standard InChI is InChI=1S/C17H26N2.C6H5F/c1-2-3-11-18-12-9-16(10-13-18)19-14-8-15-6-4-5-7-17(15)19;7-6-4-2-1-3-5-6/h4-7,16H,2-3,8-14H2,1H3;1-5H. The van der Waals surface area contributed by atoms with Gasteiger partial charge in [-0.3, -0.25) is 0 Å². The Hall–Kier alpha value is -1.87. The van der Waals surface area contributed by atoms with Crippen molar-refractivity contribution in [1.29, 1.82) is 0 Å². The Kier molecular flexibility index (Phi) is 7.07. The van der Waals surface area contributed by atoms with Gasteiger partial charge >= 0.3 is 0 Å². The maximum atomic E-state index is 11.9. The average Bonchev–Trinajstić information content (AvgIpc) is 3.12. The molecule has 0 radical (unpaired) electrons. The summed E-state index contributed by atoms with van der Waals surface area (Å²) in [4.78, 5) is 5.33. The SMILES string of the molecule is CCCCN1CCC(N2CCc3ccccc32)CC1.Fc1ccccc1. The predicted molar refractivity (Wildman–Crippen MR) is 108 cm³/mol. The van der Waals surface area contributed by atoms with Crippen LogP contribution in [0.25, 0.3) is 0 Å². The predicted octanol–water partition coefficient (Wildman–Crippen LogP) is 5.14. The molecule has 2 aliphatic rings. The highest BCUT2D eigenvalue weighted by Crippen LogP contribution is 2.32. The number of piperidine rings is 1. The van der Waals surface area contributed by atoms with Crippen LogP contribution in [0.5, 0.6) is 0 Å².